The molecule has 0 fully saturated rings. The number of sulfonamides is 1. The molecule has 0 aliphatic heterocycles. The van der Waals surface area contributed by atoms with E-state index in [0.29, 0.717) is 18.2 Å². The quantitative estimate of drug-likeness (QED) is 0.755. The van der Waals surface area contributed by atoms with Gasteiger partial charge in [-0.3, -0.25) is 4.79 Å². The molecule has 0 heterocycles. The summed E-state index contributed by atoms with van der Waals surface area (Å²) in [5.74, 6) is -0.0107. The minimum absolute atomic E-state index is 0.0802. The highest BCUT2D eigenvalue weighted by atomic mass is 32.2. The smallest absolute Gasteiger partial charge is 0.243 e. The van der Waals surface area contributed by atoms with Crippen molar-refractivity contribution in [3.63, 3.8) is 0 Å². The molecule has 0 aliphatic rings. The lowest BCUT2D eigenvalue weighted by molar-refractivity contribution is -0.121. The number of nitrogens with two attached hydrogens (primary N) is 1. The maximum atomic E-state index is 12.2. The van der Waals surface area contributed by atoms with E-state index in [0.717, 1.165) is 4.31 Å². The number of nitrogens with zero attached hydrogens (tertiary/aromatic N) is 1. The van der Waals surface area contributed by atoms with Crippen molar-refractivity contribution in [3.8, 4) is 0 Å². The first-order chi connectivity index (χ1) is 9.23. The highest BCUT2D eigenvalue weighted by molar-refractivity contribution is 7.89. The Morgan fingerprint density at radius 3 is 2.60 bits per heavy atom. The summed E-state index contributed by atoms with van der Waals surface area (Å²) in [6.07, 6.45) is 0. The van der Waals surface area contributed by atoms with E-state index in [1.54, 1.807) is 12.1 Å². The molecule has 1 amide bonds. The number of carbonyl (C=O) groups excluding carboxylic acids is 1. The number of carbonyl (C=O) groups is 1. The number of nitrogens with one attached hydrogen (secondary N) is 1. The normalized spacial score (nSPS) is 11.8. The Kier molecular flexibility index (Phi) is 5.52. The number of anilines is 1. The van der Waals surface area contributed by atoms with Gasteiger partial charge in [-0.05, 0) is 24.1 Å². The molecule has 7 heteroatoms. The molecule has 0 saturated heterocycles. The topological polar surface area (TPSA) is 92.5 Å². The van der Waals surface area contributed by atoms with Crippen molar-refractivity contribution in [2.24, 2.45) is 5.92 Å². The van der Waals surface area contributed by atoms with Crippen LogP contribution in [0, 0.1) is 5.92 Å². The first kappa shape index (κ1) is 16.5. The Bertz CT molecular complexity index is 570. The third-order valence-electron chi connectivity index (χ3n) is 2.64. The van der Waals surface area contributed by atoms with Gasteiger partial charge < -0.3 is 11.1 Å². The van der Waals surface area contributed by atoms with E-state index < -0.39 is 10.0 Å². The Morgan fingerprint density at radius 1 is 1.40 bits per heavy atom. The molecule has 0 bridgehead atoms. The molecule has 1 aromatic rings. The van der Waals surface area contributed by atoms with Gasteiger partial charge >= 0.3 is 0 Å². The van der Waals surface area contributed by atoms with Crippen LogP contribution in [0.4, 0.5) is 5.69 Å². The van der Waals surface area contributed by atoms with Gasteiger partial charge in [0, 0.05) is 19.3 Å². The minimum Gasteiger partial charge on any atom is -0.399 e. The summed E-state index contributed by atoms with van der Waals surface area (Å²) in [6.45, 7) is 4.23. The fraction of sp³-hybridized carbons (Fsp3) is 0.462. The fourth-order valence-corrected chi connectivity index (χ4v) is 2.70. The molecule has 6 nitrogen and oxygen atoms in total. The van der Waals surface area contributed by atoms with E-state index in [9.17, 15) is 13.2 Å². The molecule has 0 aliphatic carbocycles. The summed E-state index contributed by atoms with van der Waals surface area (Å²) in [7, 11) is -2.33. The van der Waals surface area contributed by atoms with Crippen LogP contribution in [0.25, 0.3) is 0 Å². The molecule has 0 saturated carbocycles. The molecular weight excluding hydrogens is 278 g/mol. The monoisotopic (exact) mass is 299 g/mol. The van der Waals surface area contributed by atoms with E-state index in [1.165, 1.54) is 19.2 Å². The van der Waals surface area contributed by atoms with E-state index in [2.05, 4.69) is 5.32 Å². The van der Waals surface area contributed by atoms with Crippen molar-refractivity contribution in [2.75, 3.05) is 25.9 Å². The van der Waals surface area contributed by atoms with Gasteiger partial charge in [0.2, 0.25) is 15.9 Å². The Balaban J connectivity index is 2.75. The number of rotatable bonds is 6. The van der Waals surface area contributed by atoms with Crippen LogP contribution in [-0.4, -0.2) is 38.8 Å². The number of benzene rings is 1. The van der Waals surface area contributed by atoms with Crippen LogP contribution in [-0.2, 0) is 14.8 Å². The van der Waals surface area contributed by atoms with Crippen molar-refractivity contribution in [1.82, 2.24) is 9.62 Å². The molecule has 20 heavy (non-hydrogen) atoms. The summed E-state index contributed by atoms with van der Waals surface area (Å²) < 4.78 is 25.5. The van der Waals surface area contributed by atoms with Gasteiger partial charge in [-0.25, -0.2) is 8.42 Å². The first-order valence-electron chi connectivity index (χ1n) is 6.32. The molecule has 0 radical (unpaired) electrons. The maximum Gasteiger partial charge on any atom is 0.243 e. The molecule has 112 valence electrons. The van der Waals surface area contributed by atoms with Gasteiger partial charge in [-0.1, -0.05) is 19.9 Å². The zero-order valence-corrected chi connectivity index (χ0v) is 12.8. The highest BCUT2D eigenvalue weighted by Crippen LogP contribution is 2.16. The second-order valence-corrected chi connectivity index (χ2v) is 7.08. The molecule has 0 unspecified atom stereocenters. The lowest BCUT2D eigenvalue weighted by Crippen LogP contribution is -2.39. The van der Waals surface area contributed by atoms with Gasteiger partial charge in [0.15, 0.2) is 0 Å². The standard InChI is InChI=1S/C13H21N3O3S/c1-10(2)8-15-13(17)9-16(3)20(18,19)12-6-4-5-11(14)7-12/h4-7,10H,8-9,14H2,1-3H3,(H,15,17). The van der Waals surface area contributed by atoms with Gasteiger partial charge in [-0.2, -0.15) is 4.31 Å². The van der Waals surface area contributed by atoms with E-state index in [1.807, 2.05) is 13.8 Å². The average Bonchev–Trinajstić information content (AvgIpc) is 2.36. The van der Waals surface area contributed by atoms with E-state index in [4.69, 9.17) is 5.73 Å². The predicted octanol–water partition coefficient (Wildman–Crippen LogP) is 0.662. The van der Waals surface area contributed by atoms with Crippen LogP contribution in [0.5, 0.6) is 0 Å². The van der Waals surface area contributed by atoms with Gasteiger partial charge in [0.1, 0.15) is 0 Å². The van der Waals surface area contributed by atoms with Crippen LogP contribution < -0.4 is 11.1 Å². The second kappa shape index (κ2) is 6.71. The van der Waals surface area contributed by atoms with Gasteiger partial charge in [-0.15, -0.1) is 0 Å². The summed E-state index contributed by atoms with van der Waals surface area (Å²) >= 11 is 0. The maximum absolute atomic E-state index is 12.2. The molecule has 0 atom stereocenters. The molecule has 1 aromatic carbocycles. The lowest BCUT2D eigenvalue weighted by Gasteiger charge is -2.17. The third-order valence-corrected chi connectivity index (χ3v) is 4.44. The summed E-state index contributed by atoms with van der Waals surface area (Å²) in [6, 6.07) is 6.00. The Morgan fingerprint density at radius 2 is 2.05 bits per heavy atom. The molecule has 1 rings (SSSR count). The number of likely N-dealkylation sites (N-methyl/N-ethyl adjacent to an activating group) is 1. The summed E-state index contributed by atoms with van der Waals surface area (Å²) in [5, 5.41) is 2.68. The van der Waals surface area contributed by atoms with Crippen molar-refractivity contribution in [3.05, 3.63) is 24.3 Å². The van der Waals surface area contributed by atoms with Crippen LogP contribution in [0.3, 0.4) is 0 Å². The van der Waals surface area contributed by atoms with Crippen molar-refractivity contribution in [2.45, 2.75) is 18.7 Å². The SMILES string of the molecule is CC(C)CNC(=O)CN(C)S(=O)(=O)c1cccc(N)c1. The van der Waals surface area contributed by atoms with Crippen molar-refractivity contribution >= 4 is 21.6 Å². The Labute approximate surface area is 120 Å². The average molecular weight is 299 g/mol. The first-order valence-corrected chi connectivity index (χ1v) is 7.76. The van der Waals surface area contributed by atoms with E-state index >= 15 is 0 Å². The molecule has 0 spiro atoms. The summed E-state index contributed by atoms with van der Waals surface area (Å²) in [5.41, 5.74) is 5.94. The molecular formula is C13H21N3O3S. The lowest BCUT2D eigenvalue weighted by atomic mass is 10.2. The van der Waals surface area contributed by atoms with Crippen LogP contribution in [0.1, 0.15) is 13.8 Å². The van der Waals surface area contributed by atoms with Gasteiger partial charge in [0.05, 0.1) is 11.4 Å². The predicted molar refractivity (Wildman–Crippen MR) is 78.5 cm³/mol. The largest absolute Gasteiger partial charge is 0.399 e. The minimum atomic E-state index is -3.70. The van der Waals surface area contributed by atoms with Crippen LogP contribution in [0.2, 0.25) is 0 Å². The third kappa shape index (κ3) is 4.50. The fourth-order valence-electron chi connectivity index (χ4n) is 1.52. The Hall–Kier alpha value is -1.60. The number of hydrogen-bond donors (Lipinski definition) is 2. The zero-order valence-electron chi connectivity index (χ0n) is 12.0. The second-order valence-electron chi connectivity index (χ2n) is 5.03. The number of nitrogen functional groups attached to an aromatic ring is 1. The number of hydrogen-bond acceptors (Lipinski definition) is 4. The van der Waals surface area contributed by atoms with Gasteiger partial charge in [0.25, 0.3) is 0 Å². The molecule has 3 N–H and O–H groups in total. The highest BCUT2D eigenvalue weighted by Gasteiger charge is 2.22. The van der Waals surface area contributed by atoms with Crippen molar-refractivity contribution < 1.29 is 13.2 Å². The number of amides is 1. The molecule has 0 aromatic heterocycles. The zero-order chi connectivity index (χ0) is 15.3. The van der Waals surface area contributed by atoms with Crippen molar-refractivity contribution in [1.29, 1.82) is 0 Å². The summed E-state index contributed by atoms with van der Waals surface area (Å²) in [4.78, 5) is 11.7. The van der Waals surface area contributed by atoms with E-state index in [-0.39, 0.29) is 17.3 Å². The van der Waals surface area contributed by atoms with Crippen LogP contribution in [0.15, 0.2) is 29.2 Å². The van der Waals surface area contributed by atoms with Crippen LogP contribution >= 0.6 is 0 Å².